The molecule has 0 radical (unpaired) electrons. The number of hydrogen-bond acceptors (Lipinski definition) is 4. The minimum atomic E-state index is -3.51. The smallest absolute Gasteiger partial charge is 0.253 e. The van der Waals surface area contributed by atoms with Crippen LogP contribution in [0.25, 0.3) is 0 Å². The van der Waals surface area contributed by atoms with E-state index in [1.165, 1.54) is 29.2 Å². The molecule has 1 rings (SSSR count). The number of carbonyl (C=O) groups is 1. The van der Waals surface area contributed by atoms with E-state index in [0.717, 1.165) is 13.0 Å². The molecule has 0 aliphatic carbocycles. The van der Waals surface area contributed by atoms with Crippen molar-refractivity contribution in [3.63, 3.8) is 0 Å². The van der Waals surface area contributed by atoms with Crippen molar-refractivity contribution in [2.24, 2.45) is 0 Å². The van der Waals surface area contributed by atoms with Crippen molar-refractivity contribution < 1.29 is 13.2 Å². The van der Waals surface area contributed by atoms with Gasteiger partial charge >= 0.3 is 0 Å². The van der Waals surface area contributed by atoms with E-state index in [4.69, 9.17) is 0 Å². The summed E-state index contributed by atoms with van der Waals surface area (Å²) >= 11 is 0. The van der Waals surface area contributed by atoms with Gasteiger partial charge in [-0.15, -0.1) is 0 Å². The molecule has 0 atom stereocenters. The molecule has 0 aliphatic rings. The highest BCUT2D eigenvalue weighted by Gasteiger charge is 2.15. The van der Waals surface area contributed by atoms with Crippen LogP contribution >= 0.6 is 0 Å². The fraction of sp³-hybridized carbons (Fsp3) is 0.500. The Morgan fingerprint density at radius 1 is 1.10 bits per heavy atom. The SMILES string of the molecule is CN(C)CCCNS(=O)(=O)c1ccc(C(=O)N(C)C)cc1. The van der Waals surface area contributed by atoms with Crippen molar-refractivity contribution in [1.29, 1.82) is 0 Å². The summed E-state index contributed by atoms with van der Waals surface area (Å²) in [5.41, 5.74) is 0.464. The molecule has 6 nitrogen and oxygen atoms in total. The van der Waals surface area contributed by atoms with Gasteiger partial charge in [0.1, 0.15) is 0 Å². The van der Waals surface area contributed by atoms with Crippen LogP contribution in [0.4, 0.5) is 0 Å². The summed E-state index contributed by atoms with van der Waals surface area (Å²) in [6.07, 6.45) is 0.740. The van der Waals surface area contributed by atoms with E-state index in [2.05, 4.69) is 4.72 Å². The van der Waals surface area contributed by atoms with Crippen LogP contribution in [0.1, 0.15) is 16.8 Å². The Labute approximate surface area is 126 Å². The van der Waals surface area contributed by atoms with Crippen LogP contribution in [-0.4, -0.2) is 65.4 Å². The number of rotatable bonds is 7. The lowest BCUT2D eigenvalue weighted by atomic mass is 10.2. The lowest BCUT2D eigenvalue weighted by Gasteiger charge is -2.12. The maximum atomic E-state index is 12.1. The minimum absolute atomic E-state index is 0.155. The molecule has 1 N–H and O–H groups in total. The number of nitrogens with one attached hydrogen (secondary N) is 1. The van der Waals surface area contributed by atoms with Crippen molar-refractivity contribution in [2.45, 2.75) is 11.3 Å². The third kappa shape index (κ3) is 5.45. The molecule has 0 spiro atoms. The Morgan fingerprint density at radius 2 is 1.67 bits per heavy atom. The number of amides is 1. The second-order valence-electron chi connectivity index (χ2n) is 5.28. The van der Waals surface area contributed by atoms with Crippen LogP contribution in [0.2, 0.25) is 0 Å². The Morgan fingerprint density at radius 3 is 2.14 bits per heavy atom. The first-order valence-electron chi connectivity index (χ1n) is 6.70. The number of hydrogen-bond donors (Lipinski definition) is 1. The summed E-state index contributed by atoms with van der Waals surface area (Å²) in [4.78, 5) is 15.3. The molecule has 7 heteroatoms. The van der Waals surface area contributed by atoms with Gasteiger partial charge < -0.3 is 9.80 Å². The fourth-order valence-corrected chi connectivity index (χ4v) is 2.79. The molecular weight excluding hydrogens is 290 g/mol. The third-order valence-electron chi connectivity index (χ3n) is 2.89. The average Bonchev–Trinajstić information content (AvgIpc) is 2.42. The molecule has 0 unspecified atom stereocenters. The maximum absolute atomic E-state index is 12.1. The predicted molar refractivity (Wildman–Crippen MR) is 82.8 cm³/mol. The van der Waals surface area contributed by atoms with Crippen LogP contribution in [-0.2, 0) is 10.0 Å². The van der Waals surface area contributed by atoms with E-state index in [-0.39, 0.29) is 10.8 Å². The van der Waals surface area contributed by atoms with E-state index >= 15 is 0 Å². The van der Waals surface area contributed by atoms with Gasteiger partial charge in [0.05, 0.1) is 4.90 Å². The van der Waals surface area contributed by atoms with Crippen molar-refractivity contribution in [1.82, 2.24) is 14.5 Å². The summed E-state index contributed by atoms with van der Waals surface area (Å²) in [6, 6.07) is 5.95. The molecule has 118 valence electrons. The first-order chi connectivity index (χ1) is 9.74. The Kier molecular flexibility index (Phi) is 6.32. The van der Waals surface area contributed by atoms with E-state index < -0.39 is 10.0 Å². The Balaban J connectivity index is 2.69. The second-order valence-corrected chi connectivity index (χ2v) is 7.05. The molecule has 1 aromatic carbocycles. The summed E-state index contributed by atoms with van der Waals surface area (Å²) in [6.45, 7) is 1.21. The molecule has 0 fully saturated rings. The molecular formula is C14H23N3O3S. The van der Waals surface area contributed by atoms with Gasteiger partial charge in [-0.1, -0.05) is 0 Å². The molecule has 0 saturated carbocycles. The van der Waals surface area contributed by atoms with E-state index in [1.54, 1.807) is 14.1 Å². The van der Waals surface area contributed by atoms with E-state index in [9.17, 15) is 13.2 Å². The number of nitrogens with zero attached hydrogens (tertiary/aromatic N) is 2. The monoisotopic (exact) mass is 313 g/mol. The van der Waals surface area contributed by atoms with Gasteiger partial charge in [0.25, 0.3) is 5.91 Å². The zero-order chi connectivity index (χ0) is 16.0. The zero-order valence-electron chi connectivity index (χ0n) is 13.0. The van der Waals surface area contributed by atoms with Gasteiger partial charge in [-0.2, -0.15) is 0 Å². The zero-order valence-corrected chi connectivity index (χ0v) is 13.8. The van der Waals surface area contributed by atoms with Gasteiger partial charge in [-0.05, 0) is 51.3 Å². The number of carbonyl (C=O) groups excluding carboxylic acids is 1. The van der Waals surface area contributed by atoms with Crippen LogP contribution in [0.3, 0.4) is 0 Å². The number of sulfonamides is 1. The molecule has 1 amide bonds. The average molecular weight is 313 g/mol. The van der Waals surface area contributed by atoms with Crippen molar-refractivity contribution in [3.05, 3.63) is 29.8 Å². The van der Waals surface area contributed by atoms with Crippen molar-refractivity contribution >= 4 is 15.9 Å². The van der Waals surface area contributed by atoms with Crippen LogP contribution in [0.5, 0.6) is 0 Å². The van der Waals surface area contributed by atoms with Crippen LogP contribution in [0.15, 0.2) is 29.2 Å². The molecule has 0 aromatic heterocycles. The highest BCUT2D eigenvalue weighted by atomic mass is 32.2. The highest BCUT2D eigenvalue weighted by Crippen LogP contribution is 2.11. The van der Waals surface area contributed by atoms with Crippen molar-refractivity contribution in [3.8, 4) is 0 Å². The predicted octanol–water partition coefficient (Wildman–Crippen LogP) is 0.618. The molecule has 0 heterocycles. The molecule has 0 saturated heterocycles. The first kappa shape index (κ1) is 17.6. The van der Waals surface area contributed by atoms with Crippen molar-refractivity contribution in [2.75, 3.05) is 41.3 Å². The first-order valence-corrected chi connectivity index (χ1v) is 8.18. The topological polar surface area (TPSA) is 69.7 Å². The molecule has 0 bridgehead atoms. The summed E-state index contributed by atoms with van der Waals surface area (Å²) < 4.78 is 26.7. The fourth-order valence-electron chi connectivity index (χ4n) is 1.72. The van der Waals surface area contributed by atoms with Crippen LogP contribution < -0.4 is 4.72 Å². The van der Waals surface area contributed by atoms with Gasteiger partial charge in [-0.25, -0.2) is 13.1 Å². The third-order valence-corrected chi connectivity index (χ3v) is 4.37. The van der Waals surface area contributed by atoms with Gasteiger partial charge in [0.15, 0.2) is 0 Å². The summed E-state index contributed by atoms with van der Waals surface area (Å²) in [5, 5.41) is 0. The van der Waals surface area contributed by atoms with Crippen LogP contribution in [0, 0.1) is 0 Å². The standard InChI is InChI=1S/C14H23N3O3S/c1-16(2)11-5-10-15-21(19,20)13-8-6-12(7-9-13)14(18)17(3)4/h6-9,15H,5,10-11H2,1-4H3. The second kappa shape index (κ2) is 7.53. The normalized spacial score (nSPS) is 11.7. The minimum Gasteiger partial charge on any atom is -0.345 e. The molecule has 21 heavy (non-hydrogen) atoms. The lowest BCUT2D eigenvalue weighted by Crippen LogP contribution is -2.27. The van der Waals surface area contributed by atoms with Gasteiger partial charge in [-0.3, -0.25) is 4.79 Å². The Hall–Kier alpha value is -1.44. The quantitative estimate of drug-likeness (QED) is 0.749. The number of benzene rings is 1. The van der Waals surface area contributed by atoms with Gasteiger partial charge in [0, 0.05) is 26.2 Å². The molecule has 1 aromatic rings. The van der Waals surface area contributed by atoms with Gasteiger partial charge in [0.2, 0.25) is 10.0 Å². The maximum Gasteiger partial charge on any atom is 0.253 e. The summed E-state index contributed by atoms with van der Waals surface area (Å²) in [7, 11) is 3.67. The summed E-state index contributed by atoms with van der Waals surface area (Å²) in [5.74, 6) is -0.155. The Bertz CT molecular complexity index is 566. The van der Waals surface area contributed by atoms with E-state index in [0.29, 0.717) is 12.1 Å². The lowest BCUT2D eigenvalue weighted by molar-refractivity contribution is 0.0827. The van der Waals surface area contributed by atoms with E-state index in [1.807, 2.05) is 19.0 Å². The largest absolute Gasteiger partial charge is 0.345 e. The highest BCUT2D eigenvalue weighted by molar-refractivity contribution is 7.89. The molecule has 0 aliphatic heterocycles.